The second kappa shape index (κ2) is 7.42. The van der Waals surface area contributed by atoms with Gasteiger partial charge in [-0.15, -0.1) is 6.58 Å². The number of halogens is 1. The van der Waals surface area contributed by atoms with Crippen LogP contribution in [0.2, 0.25) is 5.02 Å². The molecule has 0 atom stereocenters. The second-order valence-corrected chi connectivity index (χ2v) is 4.77. The van der Waals surface area contributed by atoms with Gasteiger partial charge in [0.05, 0.1) is 11.9 Å². The van der Waals surface area contributed by atoms with Gasteiger partial charge in [0.1, 0.15) is 5.56 Å². The van der Waals surface area contributed by atoms with Crippen LogP contribution in [0.5, 0.6) is 0 Å². The molecule has 7 heteroatoms. The first-order chi connectivity index (χ1) is 10.6. The fraction of sp³-hybridized carbons (Fsp3) is 0.133. The van der Waals surface area contributed by atoms with E-state index in [4.69, 9.17) is 16.3 Å². The Balaban J connectivity index is 2.05. The van der Waals surface area contributed by atoms with Crippen molar-refractivity contribution in [3.8, 4) is 11.3 Å². The summed E-state index contributed by atoms with van der Waals surface area (Å²) in [6.07, 6.45) is 2.89. The Morgan fingerprint density at radius 3 is 2.77 bits per heavy atom. The number of aromatic amines is 1. The van der Waals surface area contributed by atoms with E-state index in [1.807, 2.05) is 0 Å². The third kappa shape index (κ3) is 3.95. The van der Waals surface area contributed by atoms with Gasteiger partial charge in [0.2, 0.25) is 0 Å². The first-order valence-electron chi connectivity index (χ1n) is 6.46. The largest absolute Gasteiger partial charge is 0.452 e. The lowest BCUT2D eigenvalue weighted by atomic mass is 10.1. The SMILES string of the molecule is C=CCNC(=O)COC(=O)c1cn[nH]c1-c1ccc(Cl)cc1. The maximum absolute atomic E-state index is 12.0. The van der Waals surface area contributed by atoms with Crippen molar-refractivity contribution in [2.24, 2.45) is 0 Å². The van der Waals surface area contributed by atoms with E-state index < -0.39 is 11.9 Å². The summed E-state index contributed by atoms with van der Waals surface area (Å²) in [5, 5.41) is 9.69. The molecule has 0 unspecified atom stereocenters. The summed E-state index contributed by atoms with van der Waals surface area (Å²) in [6.45, 7) is 3.43. The zero-order chi connectivity index (χ0) is 15.9. The standard InChI is InChI=1S/C15H14ClN3O3/c1-2-7-17-13(20)9-22-15(21)12-8-18-19-14(12)10-3-5-11(16)6-4-10/h2-6,8H,1,7,9H2,(H,17,20)(H,18,19). The summed E-state index contributed by atoms with van der Waals surface area (Å²) in [5.41, 5.74) is 1.50. The van der Waals surface area contributed by atoms with Crippen molar-refractivity contribution in [2.45, 2.75) is 0 Å². The predicted octanol–water partition coefficient (Wildman–Crippen LogP) is 2.19. The lowest BCUT2D eigenvalue weighted by Gasteiger charge is -2.05. The number of carbonyl (C=O) groups is 2. The zero-order valence-corrected chi connectivity index (χ0v) is 12.4. The molecular weight excluding hydrogens is 306 g/mol. The first-order valence-corrected chi connectivity index (χ1v) is 6.83. The monoisotopic (exact) mass is 319 g/mol. The summed E-state index contributed by atoms with van der Waals surface area (Å²) in [6, 6.07) is 6.91. The van der Waals surface area contributed by atoms with Crippen LogP contribution in [0, 0.1) is 0 Å². The number of carbonyl (C=O) groups excluding carboxylic acids is 2. The van der Waals surface area contributed by atoms with E-state index >= 15 is 0 Å². The Bertz CT molecular complexity index is 680. The van der Waals surface area contributed by atoms with Crippen LogP contribution in [0.3, 0.4) is 0 Å². The van der Waals surface area contributed by atoms with Crippen LogP contribution < -0.4 is 5.32 Å². The minimum absolute atomic E-state index is 0.249. The van der Waals surface area contributed by atoms with Crippen molar-refractivity contribution in [1.82, 2.24) is 15.5 Å². The van der Waals surface area contributed by atoms with E-state index in [9.17, 15) is 9.59 Å². The number of amides is 1. The highest BCUT2D eigenvalue weighted by molar-refractivity contribution is 6.30. The molecule has 0 aliphatic carbocycles. The number of benzene rings is 1. The number of hydrogen-bond acceptors (Lipinski definition) is 4. The van der Waals surface area contributed by atoms with Crippen LogP contribution in [-0.2, 0) is 9.53 Å². The molecule has 0 bridgehead atoms. The topological polar surface area (TPSA) is 84.1 Å². The number of esters is 1. The lowest BCUT2D eigenvalue weighted by Crippen LogP contribution is -2.28. The third-order valence-corrected chi connectivity index (χ3v) is 3.02. The molecule has 0 aliphatic rings. The number of rotatable bonds is 6. The summed E-state index contributed by atoms with van der Waals surface area (Å²) in [7, 11) is 0. The van der Waals surface area contributed by atoms with Crippen LogP contribution >= 0.6 is 11.6 Å². The number of aromatic nitrogens is 2. The quantitative estimate of drug-likeness (QED) is 0.631. The Hall–Kier alpha value is -2.60. The van der Waals surface area contributed by atoms with E-state index in [-0.39, 0.29) is 12.2 Å². The average Bonchev–Trinajstić information content (AvgIpc) is 3.01. The van der Waals surface area contributed by atoms with E-state index in [1.165, 1.54) is 12.3 Å². The summed E-state index contributed by atoms with van der Waals surface area (Å²) >= 11 is 5.83. The zero-order valence-electron chi connectivity index (χ0n) is 11.6. The number of ether oxygens (including phenoxy) is 1. The second-order valence-electron chi connectivity index (χ2n) is 4.33. The molecule has 1 aromatic heterocycles. The molecule has 0 saturated heterocycles. The lowest BCUT2D eigenvalue weighted by molar-refractivity contribution is -0.124. The molecule has 0 aliphatic heterocycles. The molecule has 1 amide bonds. The molecule has 1 aromatic carbocycles. The highest BCUT2D eigenvalue weighted by atomic mass is 35.5. The van der Waals surface area contributed by atoms with Crippen molar-refractivity contribution in [1.29, 1.82) is 0 Å². The number of nitrogens with one attached hydrogen (secondary N) is 2. The smallest absolute Gasteiger partial charge is 0.342 e. The fourth-order valence-corrected chi connectivity index (χ4v) is 1.85. The molecule has 22 heavy (non-hydrogen) atoms. The molecule has 6 nitrogen and oxygen atoms in total. The Morgan fingerprint density at radius 2 is 2.09 bits per heavy atom. The van der Waals surface area contributed by atoms with E-state index in [1.54, 1.807) is 24.3 Å². The summed E-state index contributed by atoms with van der Waals surface area (Å²) < 4.78 is 4.96. The average molecular weight is 320 g/mol. The summed E-state index contributed by atoms with van der Waals surface area (Å²) in [5.74, 6) is -1.03. The van der Waals surface area contributed by atoms with E-state index in [2.05, 4.69) is 22.1 Å². The minimum Gasteiger partial charge on any atom is -0.452 e. The molecular formula is C15H14ClN3O3. The van der Waals surface area contributed by atoms with Gasteiger partial charge in [-0.2, -0.15) is 5.10 Å². The van der Waals surface area contributed by atoms with Crippen LogP contribution in [0.25, 0.3) is 11.3 Å². The van der Waals surface area contributed by atoms with Gasteiger partial charge in [-0.1, -0.05) is 29.8 Å². The van der Waals surface area contributed by atoms with Crippen molar-refractivity contribution in [2.75, 3.05) is 13.2 Å². The van der Waals surface area contributed by atoms with Crippen LogP contribution in [-0.4, -0.2) is 35.2 Å². The fourth-order valence-electron chi connectivity index (χ4n) is 1.72. The number of nitrogens with zero attached hydrogens (tertiary/aromatic N) is 1. The normalized spacial score (nSPS) is 10.0. The third-order valence-electron chi connectivity index (χ3n) is 2.77. The van der Waals surface area contributed by atoms with Crippen molar-refractivity contribution >= 4 is 23.5 Å². The number of H-pyrrole nitrogens is 1. The van der Waals surface area contributed by atoms with Crippen LogP contribution in [0.4, 0.5) is 0 Å². The van der Waals surface area contributed by atoms with Gasteiger partial charge in [0.15, 0.2) is 6.61 Å². The van der Waals surface area contributed by atoms with Gasteiger partial charge in [-0.05, 0) is 12.1 Å². The van der Waals surface area contributed by atoms with Gasteiger partial charge in [0, 0.05) is 17.1 Å². The van der Waals surface area contributed by atoms with E-state index in [0.717, 1.165) is 5.56 Å². The van der Waals surface area contributed by atoms with Crippen LogP contribution in [0.15, 0.2) is 43.1 Å². The molecule has 0 radical (unpaired) electrons. The Labute approximate surface area is 132 Å². The summed E-state index contributed by atoms with van der Waals surface area (Å²) in [4.78, 5) is 23.4. The van der Waals surface area contributed by atoms with Gasteiger partial charge >= 0.3 is 5.97 Å². The van der Waals surface area contributed by atoms with Crippen molar-refractivity contribution < 1.29 is 14.3 Å². The Kier molecular flexibility index (Phi) is 5.32. The Morgan fingerprint density at radius 1 is 1.36 bits per heavy atom. The molecule has 2 N–H and O–H groups in total. The van der Waals surface area contributed by atoms with Gasteiger partial charge in [-0.25, -0.2) is 4.79 Å². The molecule has 114 valence electrons. The highest BCUT2D eigenvalue weighted by Gasteiger charge is 2.17. The molecule has 0 fully saturated rings. The molecule has 1 heterocycles. The van der Waals surface area contributed by atoms with Crippen molar-refractivity contribution in [3.63, 3.8) is 0 Å². The molecule has 2 aromatic rings. The van der Waals surface area contributed by atoms with Gasteiger partial charge < -0.3 is 10.1 Å². The minimum atomic E-state index is -0.632. The first kappa shape index (κ1) is 15.8. The molecule has 2 rings (SSSR count). The molecule has 0 saturated carbocycles. The molecule has 0 spiro atoms. The highest BCUT2D eigenvalue weighted by Crippen LogP contribution is 2.23. The van der Waals surface area contributed by atoms with Crippen molar-refractivity contribution in [3.05, 3.63) is 53.7 Å². The van der Waals surface area contributed by atoms with Gasteiger partial charge in [-0.3, -0.25) is 9.89 Å². The van der Waals surface area contributed by atoms with Gasteiger partial charge in [0.25, 0.3) is 5.91 Å². The van der Waals surface area contributed by atoms with Crippen LogP contribution in [0.1, 0.15) is 10.4 Å². The predicted molar refractivity (Wildman–Crippen MR) is 82.5 cm³/mol. The maximum atomic E-state index is 12.0. The maximum Gasteiger partial charge on any atom is 0.342 e. The van der Waals surface area contributed by atoms with E-state index in [0.29, 0.717) is 17.3 Å². The number of hydrogen-bond donors (Lipinski definition) is 2.